The fraction of sp³-hybridized carbons (Fsp3) is 0.917. The van der Waals surface area contributed by atoms with Crippen molar-refractivity contribution >= 4 is 5.91 Å². The second kappa shape index (κ2) is 5.33. The van der Waals surface area contributed by atoms with E-state index in [1.54, 1.807) is 4.90 Å². The van der Waals surface area contributed by atoms with Gasteiger partial charge in [-0.15, -0.1) is 0 Å². The van der Waals surface area contributed by atoms with E-state index in [2.05, 4.69) is 0 Å². The fourth-order valence-electron chi connectivity index (χ4n) is 2.58. The van der Waals surface area contributed by atoms with Crippen molar-refractivity contribution < 1.29 is 14.3 Å². The van der Waals surface area contributed by atoms with Crippen LogP contribution in [0.1, 0.15) is 32.6 Å². The third-order valence-corrected chi connectivity index (χ3v) is 3.46. The lowest BCUT2D eigenvalue weighted by atomic mass is 10.0. The van der Waals surface area contributed by atoms with Crippen LogP contribution in [0, 0.1) is 0 Å². The van der Waals surface area contributed by atoms with Gasteiger partial charge in [-0.05, 0) is 12.8 Å². The Labute approximate surface area is 102 Å². The highest BCUT2D eigenvalue weighted by Gasteiger charge is 2.42. The predicted molar refractivity (Wildman–Crippen MR) is 63.3 cm³/mol. The van der Waals surface area contributed by atoms with Crippen molar-refractivity contribution in [3.8, 4) is 0 Å². The Hall–Kier alpha value is -0.650. The SMILES string of the molecule is CCC[C@H](N)C(=O)N1CCCC2(C1)OCCO2. The number of carbonyl (C=O) groups excluding carboxylic acids is 1. The highest BCUT2D eigenvalue weighted by atomic mass is 16.7. The van der Waals surface area contributed by atoms with Gasteiger partial charge in [0.25, 0.3) is 0 Å². The van der Waals surface area contributed by atoms with Crippen LogP contribution in [0.25, 0.3) is 0 Å². The van der Waals surface area contributed by atoms with Crippen LogP contribution < -0.4 is 5.73 Å². The third kappa shape index (κ3) is 2.78. The number of nitrogens with two attached hydrogens (primary N) is 1. The van der Waals surface area contributed by atoms with Crippen molar-refractivity contribution in [3.63, 3.8) is 0 Å². The van der Waals surface area contributed by atoms with E-state index in [9.17, 15) is 4.79 Å². The minimum atomic E-state index is -0.542. The number of hydrogen-bond donors (Lipinski definition) is 1. The van der Waals surface area contributed by atoms with Gasteiger partial charge in [-0.2, -0.15) is 0 Å². The number of piperidine rings is 1. The molecule has 0 aromatic rings. The highest BCUT2D eigenvalue weighted by molar-refractivity contribution is 5.81. The van der Waals surface area contributed by atoms with E-state index in [-0.39, 0.29) is 11.9 Å². The standard InChI is InChI=1S/C12H22N2O3/c1-2-4-10(13)11(15)14-6-3-5-12(9-14)16-7-8-17-12/h10H,2-9,13H2,1H3/t10-/m0/s1. The first kappa shape index (κ1) is 12.8. The Kier molecular flexibility index (Phi) is 4.01. The summed E-state index contributed by atoms with van der Waals surface area (Å²) in [6.45, 7) is 4.59. The van der Waals surface area contributed by atoms with Crippen molar-refractivity contribution in [2.24, 2.45) is 5.73 Å². The zero-order valence-corrected chi connectivity index (χ0v) is 10.5. The van der Waals surface area contributed by atoms with Gasteiger partial charge in [-0.25, -0.2) is 0 Å². The van der Waals surface area contributed by atoms with E-state index in [1.807, 2.05) is 6.92 Å². The molecule has 0 bridgehead atoms. The minimum absolute atomic E-state index is 0.0324. The molecule has 0 radical (unpaired) electrons. The second-order valence-corrected chi connectivity index (χ2v) is 4.87. The van der Waals surface area contributed by atoms with E-state index >= 15 is 0 Å². The summed E-state index contributed by atoms with van der Waals surface area (Å²) in [6.07, 6.45) is 3.47. The zero-order valence-electron chi connectivity index (χ0n) is 10.5. The molecule has 2 saturated heterocycles. The molecule has 0 aliphatic carbocycles. The highest BCUT2D eigenvalue weighted by Crippen LogP contribution is 2.30. The number of ether oxygens (including phenoxy) is 2. The van der Waals surface area contributed by atoms with Crippen molar-refractivity contribution in [3.05, 3.63) is 0 Å². The van der Waals surface area contributed by atoms with Crippen LogP contribution in [0.2, 0.25) is 0 Å². The average Bonchev–Trinajstić information content (AvgIpc) is 2.76. The number of hydrogen-bond acceptors (Lipinski definition) is 4. The van der Waals surface area contributed by atoms with E-state index in [4.69, 9.17) is 15.2 Å². The summed E-state index contributed by atoms with van der Waals surface area (Å²) in [5.41, 5.74) is 5.87. The molecule has 98 valence electrons. The number of nitrogens with zero attached hydrogens (tertiary/aromatic N) is 1. The smallest absolute Gasteiger partial charge is 0.239 e. The van der Waals surface area contributed by atoms with Gasteiger partial charge in [-0.3, -0.25) is 4.79 Å². The maximum atomic E-state index is 12.1. The molecule has 5 heteroatoms. The Morgan fingerprint density at radius 1 is 1.47 bits per heavy atom. The van der Waals surface area contributed by atoms with Crippen LogP contribution in [0.5, 0.6) is 0 Å². The average molecular weight is 242 g/mol. The van der Waals surface area contributed by atoms with Gasteiger partial charge in [0.1, 0.15) is 0 Å². The normalized spacial score (nSPS) is 25.2. The van der Waals surface area contributed by atoms with Gasteiger partial charge in [0.15, 0.2) is 5.79 Å². The predicted octanol–water partition coefficient (Wildman–Crippen LogP) is 0.479. The number of rotatable bonds is 3. The number of likely N-dealkylation sites (tertiary alicyclic amines) is 1. The van der Waals surface area contributed by atoms with Crippen LogP contribution in [0.15, 0.2) is 0 Å². The monoisotopic (exact) mass is 242 g/mol. The number of carbonyl (C=O) groups is 1. The van der Waals surface area contributed by atoms with Gasteiger partial charge < -0.3 is 20.1 Å². The molecule has 2 aliphatic rings. The van der Waals surface area contributed by atoms with Crippen LogP contribution in [-0.2, 0) is 14.3 Å². The Morgan fingerprint density at radius 3 is 2.82 bits per heavy atom. The molecule has 2 fully saturated rings. The summed E-state index contributed by atoms with van der Waals surface area (Å²) in [5, 5.41) is 0. The van der Waals surface area contributed by atoms with E-state index in [1.165, 1.54) is 0 Å². The van der Waals surface area contributed by atoms with Gasteiger partial charge in [-0.1, -0.05) is 13.3 Å². The van der Waals surface area contributed by atoms with Gasteiger partial charge >= 0.3 is 0 Å². The summed E-state index contributed by atoms with van der Waals surface area (Å²) in [7, 11) is 0. The first-order chi connectivity index (χ1) is 8.17. The Morgan fingerprint density at radius 2 is 2.18 bits per heavy atom. The molecule has 2 rings (SSSR count). The molecule has 1 spiro atoms. The number of amides is 1. The minimum Gasteiger partial charge on any atom is -0.346 e. The van der Waals surface area contributed by atoms with Crippen molar-refractivity contribution in [2.45, 2.75) is 44.4 Å². The quantitative estimate of drug-likeness (QED) is 0.781. The molecular formula is C12H22N2O3. The molecule has 2 N–H and O–H groups in total. The summed E-state index contributed by atoms with van der Waals surface area (Å²) >= 11 is 0. The lowest BCUT2D eigenvalue weighted by Crippen LogP contribution is -2.54. The first-order valence-electron chi connectivity index (χ1n) is 6.49. The van der Waals surface area contributed by atoms with E-state index < -0.39 is 5.79 Å². The molecule has 1 atom stereocenters. The zero-order chi connectivity index (χ0) is 12.3. The van der Waals surface area contributed by atoms with Crippen molar-refractivity contribution in [2.75, 3.05) is 26.3 Å². The molecule has 0 unspecified atom stereocenters. The topological polar surface area (TPSA) is 64.8 Å². The maximum Gasteiger partial charge on any atom is 0.239 e. The van der Waals surface area contributed by atoms with Gasteiger partial charge in [0.05, 0.1) is 25.8 Å². The Bertz CT molecular complexity index is 277. The van der Waals surface area contributed by atoms with Crippen LogP contribution >= 0.6 is 0 Å². The van der Waals surface area contributed by atoms with E-state index in [0.29, 0.717) is 19.8 Å². The maximum absolute atomic E-state index is 12.1. The molecule has 1 amide bonds. The molecule has 0 aromatic heterocycles. The largest absolute Gasteiger partial charge is 0.346 e. The van der Waals surface area contributed by atoms with Gasteiger partial charge in [0.2, 0.25) is 5.91 Å². The molecule has 2 aliphatic heterocycles. The van der Waals surface area contributed by atoms with E-state index in [0.717, 1.165) is 32.2 Å². The lowest BCUT2D eigenvalue weighted by molar-refractivity contribution is -0.193. The second-order valence-electron chi connectivity index (χ2n) is 4.87. The van der Waals surface area contributed by atoms with Crippen LogP contribution in [0.4, 0.5) is 0 Å². The summed E-state index contributed by atoms with van der Waals surface area (Å²) in [5.74, 6) is -0.509. The van der Waals surface area contributed by atoms with Crippen LogP contribution in [0.3, 0.4) is 0 Å². The van der Waals surface area contributed by atoms with Crippen molar-refractivity contribution in [1.29, 1.82) is 0 Å². The molecule has 0 saturated carbocycles. The van der Waals surface area contributed by atoms with Gasteiger partial charge in [0, 0.05) is 13.0 Å². The third-order valence-electron chi connectivity index (χ3n) is 3.46. The molecule has 5 nitrogen and oxygen atoms in total. The molecule has 2 heterocycles. The summed E-state index contributed by atoms with van der Waals surface area (Å²) in [6, 6.07) is -0.378. The van der Waals surface area contributed by atoms with Crippen LogP contribution in [-0.4, -0.2) is 48.9 Å². The fourth-order valence-corrected chi connectivity index (χ4v) is 2.58. The van der Waals surface area contributed by atoms with Crippen molar-refractivity contribution in [1.82, 2.24) is 4.90 Å². The summed E-state index contributed by atoms with van der Waals surface area (Å²) in [4.78, 5) is 13.9. The summed E-state index contributed by atoms with van der Waals surface area (Å²) < 4.78 is 11.3. The molecular weight excluding hydrogens is 220 g/mol. The Balaban J connectivity index is 1.94. The molecule has 17 heavy (non-hydrogen) atoms. The first-order valence-corrected chi connectivity index (χ1v) is 6.49. The molecule has 0 aromatic carbocycles. The lowest BCUT2D eigenvalue weighted by Gasteiger charge is -2.39.